The third kappa shape index (κ3) is 3.56. The second-order valence-electron chi connectivity index (χ2n) is 7.05. The Morgan fingerprint density at radius 1 is 1.11 bits per heavy atom. The van der Waals surface area contributed by atoms with Gasteiger partial charge in [0.25, 0.3) is 0 Å². The smallest absolute Gasteiger partial charge is 0.338 e. The van der Waals surface area contributed by atoms with Crippen molar-refractivity contribution in [2.45, 2.75) is 26.8 Å². The molecule has 0 saturated carbocycles. The van der Waals surface area contributed by atoms with Gasteiger partial charge < -0.3 is 18.9 Å². The van der Waals surface area contributed by atoms with Crippen LogP contribution in [0.25, 0.3) is 11.1 Å². The van der Waals surface area contributed by atoms with Crippen molar-refractivity contribution < 1.29 is 28.1 Å². The molecule has 1 heterocycles. The Labute approximate surface area is 158 Å². The molecule has 0 saturated heterocycles. The van der Waals surface area contributed by atoms with Gasteiger partial charge in [0.2, 0.25) is 12.1 Å². The van der Waals surface area contributed by atoms with E-state index >= 15 is 0 Å². The average molecular weight is 373 g/mol. The Kier molecular flexibility index (Phi) is 5.00. The van der Waals surface area contributed by atoms with Gasteiger partial charge in [-0.2, -0.15) is 0 Å². The van der Waals surface area contributed by atoms with E-state index in [1.54, 1.807) is 38.1 Å². The lowest BCUT2D eigenvalue weighted by Gasteiger charge is -2.26. The summed E-state index contributed by atoms with van der Waals surface area (Å²) in [6.45, 7) is 7.29. The predicted molar refractivity (Wildman–Crippen MR) is 98.8 cm³/mol. The first-order chi connectivity index (χ1) is 12.8. The van der Waals surface area contributed by atoms with Crippen molar-refractivity contribution in [1.29, 1.82) is 0 Å². The van der Waals surface area contributed by atoms with E-state index in [0.717, 1.165) is 11.1 Å². The third-order valence-corrected chi connectivity index (χ3v) is 4.33. The minimum Gasteiger partial charge on any atom is -0.493 e. The molecule has 2 aromatic carbocycles. The zero-order chi connectivity index (χ0) is 19.8. The summed E-state index contributed by atoms with van der Waals surface area (Å²) in [5, 5.41) is 0. The first-order valence-electron chi connectivity index (χ1n) is 8.47. The first kappa shape index (κ1) is 19.0. The number of benzene rings is 2. The molecule has 1 atom stereocenters. The fourth-order valence-corrected chi connectivity index (χ4v) is 2.81. The quantitative estimate of drug-likeness (QED) is 0.694. The van der Waals surface area contributed by atoms with Crippen LogP contribution in [0.1, 0.15) is 29.8 Å². The van der Waals surface area contributed by atoms with E-state index in [2.05, 4.69) is 6.92 Å². The standard InChI is InChI=1S/C21H22FO5/c1-21(2,3)20(22)27-17-14(8-9-16(24-4)18(17)25-5)12-6-7-15-13(10-12)11-26-19(15)23/h6-10,20H,1,11H2,2-5H3. The molecule has 5 nitrogen and oxygen atoms in total. The molecule has 0 N–H and O–H groups in total. The van der Waals surface area contributed by atoms with Crippen LogP contribution >= 0.6 is 0 Å². The van der Waals surface area contributed by atoms with E-state index < -0.39 is 11.8 Å². The van der Waals surface area contributed by atoms with Gasteiger partial charge in [0.1, 0.15) is 6.61 Å². The second-order valence-corrected chi connectivity index (χ2v) is 7.05. The molecule has 6 heteroatoms. The highest BCUT2D eigenvalue weighted by atomic mass is 19.1. The molecule has 3 rings (SSSR count). The molecule has 1 unspecified atom stereocenters. The van der Waals surface area contributed by atoms with Gasteiger partial charge in [-0.15, -0.1) is 0 Å². The van der Waals surface area contributed by atoms with Gasteiger partial charge in [-0.1, -0.05) is 19.9 Å². The number of cyclic esters (lactones) is 1. The number of ether oxygens (including phenoxy) is 4. The molecule has 1 aliphatic heterocycles. The Hall–Kier alpha value is -2.76. The molecule has 0 amide bonds. The number of halogens is 1. The second kappa shape index (κ2) is 7.10. The molecule has 2 aromatic rings. The summed E-state index contributed by atoms with van der Waals surface area (Å²) in [6.07, 6.45) is -1.67. The number of fused-ring (bicyclic) bond motifs is 1. The van der Waals surface area contributed by atoms with Crippen LogP contribution in [0.2, 0.25) is 0 Å². The Morgan fingerprint density at radius 2 is 1.81 bits per heavy atom. The lowest BCUT2D eigenvalue weighted by Crippen LogP contribution is -2.28. The van der Waals surface area contributed by atoms with Crippen LogP contribution in [0.4, 0.5) is 4.39 Å². The molecule has 0 aromatic heterocycles. The zero-order valence-corrected chi connectivity index (χ0v) is 15.8. The molecule has 0 spiro atoms. The highest BCUT2D eigenvalue weighted by Gasteiger charge is 2.30. The minimum absolute atomic E-state index is 0.211. The molecular formula is C21H22FO5. The third-order valence-electron chi connectivity index (χ3n) is 4.33. The van der Waals surface area contributed by atoms with Crippen LogP contribution in [0, 0.1) is 12.3 Å². The van der Waals surface area contributed by atoms with Gasteiger partial charge in [0.05, 0.1) is 19.8 Å². The summed E-state index contributed by atoms with van der Waals surface area (Å²) in [5.41, 5.74) is 1.69. The van der Waals surface area contributed by atoms with E-state index in [1.165, 1.54) is 14.2 Å². The molecule has 0 bridgehead atoms. The minimum atomic E-state index is -1.67. The summed E-state index contributed by atoms with van der Waals surface area (Å²) >= 11 is 0. The number of carbonyl (C=O) groups excluding carboxylic acids is 1. The first-order valence-corrected chi connectivity index (χ1v) is 8.47. The van der Waals surface area contributed by atoms with E-state index in [-0.39, 0.29) is 24.1 Å². The Bertz CT molecular complexity index is 870. The van der Waals surface area contributed by atoms with E-state index in [9.17, 15) is 9.18 Å². The highest BCUT2D eigenvalue weighted by Crippen LogP contribution is 2.46. The summed E-state index contributed by atoms with van der Waals surface area (Å²) < 4.78 is 36.1. The van der Waals surface area contributed by atoms with Crippen LogP contribution in [0.3, 0.4) is 0 Å². The van der Waals surface area contributed by atoms with Gasteiger partial charge in [0.15, 0.2) is 11.5 Å². The molecule has 0 aliphatic carbocycles. The maximum Gasteiger partial charge on any atom is 0.338 e. The number of hydrogen-bond donors (Lipinski definition) is 0. The number of carbonyl (C=O) groups is 1. The SMILES string of the molecule is [CH2]C(C)(C)C(F)Oc1c(-c2ccc3c(c2)COC3=O)ccc(OC)c1OC. The normalized spacial score (nSPS) is 14.4. The van der Waals surface area contributed by atoms with E-state index in [1.807, 2.05) is 6.07 Å². The van der Waals surface area contributed by atoms with Crippen LogP contribution in [0.15, 0.2) is 30.3 Å². The van der Waals surface area contributed by atoms with Gasteiger partial charge in [-0.05, 0) is 36.8 Å². The number of rotatable bonds is 6. The van der Waals surface area contributed by atoms with Crippen molar-refractivity contribution in [1.82, 2.24) is 0 Å². The summed E-state index contributed by atoms with van der Waals surface area (Å²) in [6, 6.07) is 8.77. The topological polar surface area (TPSA) is 54.0 Å². The van der Waals surface area contributed by atoms with E-state index in [0.29, 0.717) is 16.9 Å². The zero-order valence-electron chi connectivity index (χ0n) is 15.8. The van der Waals surface area contributed by atoms with E-state index in [4.69, 9.17) is 18.9 Å². The number of alkyl halides is 1. The summed E-state index contributed by atoms with van der Waals surface area (Å²) in [5.74, 6) is 0.578. The fraction of sp³-hybridized carbons (Fsp3) is 0.333. The predicted octanol–water partition coefficient (Wildman–Crippen LogP) is 4.58. The summed E-state index contributed by atoms with van der Waals surface area (Å²) in [7, 11) is 2.96. The highest BCUT2D eigenvalue weighted by molar-refractivity contribution is 5.94. The van der Waals surface area contributed by atoms with Crippen LogP contribution in [0.5, 0.6) is 17.2 Å². The molecule has 143 valence electrons. The molecule has 27 heavy (non-hydrogen) atoms. The number of esters is 1. The van der Waals surface area contributed by atoms with Crippen LogP contribution in [-0.2, 0) is 11.3 Å². The van der Waals surface area contributed by atoms with Crippen molar-refractivity contribution in [3.05, 3.63) is 48.4 Å². The Balaban J connectivity index is 2.13. The molecule has 0 fully saturated rings. The molecular weight excluding hydrogens is 351 g/mol. The van der Waals surface area contributed by atoms with Gasteiger partial charge in [-0.25, -0.2) is 9.18 Å². The maximum atomic E-state index is 14.7. The van der Waals surface area contributed by atoms with Crippen molar-refractivity contribution in [2.24, 2.45) is 5.41 Å². The number of hydrogen-bond acceptors (Lipinski definition) is 5. The van der Waals surface area contributed by atoms with Gasteiger partial charge in [0, 0.05) is 16.5 Å². The fourth-order valence-electron chi connectivity index (χ4n) is 2.81. The van der Waals surface area contributed by atoms with Gasteiger partial charge >= 0.3 is 5.97 Å². The summed E-state index contributed by atoms with van der Waals surface area (Å²) in [4.78, 5) is 11.7. The average Bonchev–Trinajstić information content (AvgIpc) is 3.00. The monoisotopic (exact) mass is 373 g/mol. The van der Waals surface area contributed by atoms with Crippen LogP contribution < -0.4 is 14.2 Å². The maximum absolute atomic E-state index is 14.7. The van der Waals surface area contributed by atoms with Gasteiger partial charge in [-0.3, -0.25) is 0 Å². The van der Waals surface area contributed by atoms with Crippen molar-refractivity contribution in [3.63, 3.8) is 0 Å². The molecule has 1 radical (unpaired) electrons. The lowest BCUT2D eigenvalue weighted by molar-refractivity contribution is -0.0128. The Morgan fingerprint density at radius 3 is 2.44 bits per heavy atom. The largest absolute Gasteiger partial charge is 0.493 e. The van der Waals surface area contributed by atoms with Crippen LogP contribution in [-0.4, -0.2) is 26.5 Å². The van der Waals surface area contributed by atoms with Crippen molar-refractivity contribution >= 4 is 5.97 Å². The van der Waals surface area contributed by atoms with Crippen molar-refractivity contribution in [2.75, 3.05) is 14.2 Å². The lowest BCUT2D eigenvalue weighted by atomic mass is 9.96. The van der Waals surface area contributed by atoms with Crippen molar-refractivity contribution in [3.8, 4) is 28.4 Å². The number of methoxy groups -OCH3 is 2. The molecule has 1 aliphatic rings.